The fourth-order valence-corrected chi connectivity index (χ4v) is 6.42. The van der Waals surface area contributed by atoms with Crippen molar-refractivity contribution >= 4 is 11.9 Å². The van der Waals surface area contributed by atoms with Gasteiger partial charge in [0.2, 0.25) is 0 Å². The summed E-state index contributed by atoms with van der Waals surface area (Å²) in [5, 5.41) is 19.5. The molecule has 2 spiro atoms. The molecule has 14 heteroatoms. The van der Waals surface area contributed by atoms with Crippen molar-refractivity contribution in [1.82, 2.24) is 0 Å². The number of allylic oxidation sites excluding steroid dienone is 2. The molecule has 0 saturated carbocycles. The van der Waals surface area contributed by atoms with Crippen molar-refractivity contribution in [2.75, 3.05) is 126 Å². The van der Waals surface area contributed by atoms with Crippen molar-refractivity contribution in [3.05, 3.63) is 69.8 Å². The third-order valence-corrected chi connectivity index (χ3v) is 8.81. The van der Waals surface area contributed by atoms with Crippen molar-refractivity contribution in [3.8, 4) is 0 Å². The average molecular weight is 705 g/mol. The van der Waals surface area contributed by atoms with E-state index in [2.05, 4.69) is 0 Å². The molecule has 4 aliphatic carbocycles. The van der Waals surface area contributed by atoms with E-state index < -0.39 is 23.0 Å². The second-order valence-corrected chi connectivity index (χ2v) is 11.9. The minimum Gasteiger partial charge on any atom is -0.478 e. The Morgan fingerprint density at radius 2 is 0.900 bits per heavy atom. The molecule has 6 rings (SSSR count). The van der Waals surface area contributed by atoms with Crippen LogP contribution in [0, 0.1) is 5.41 Å². The molecule has 14 nitrogen and oxygen atoms in total. The van der Waals surface area contributed by atoms with E-state index in [4.69, 9.17) is 47.4 Å². The first-order valence-electron chi connectivity index (χ1n) is 17.1. The van der Waals surface area contributed by atoms with E-state index >= 15 is 0 Å². The fraction of sp³-hybridized carbons (Fsp3) is 0.611. The predicted molar refractivity (Wildman–Crippen MR) is 176 cm³/mol. The standard InChI is InChI=1S/C36H48O14/c37-33(38)27-20-29-24-30(21-27)35(29)26-49-17-16-47-13-12-45-10-8-43-6-4-41-2-1-3-42-5-7-44-9-11-46-14-15-48-18-19-50-36(35)31-22-28(34(39)40)23-32(36)25-31/h20-25H,1-19,26H2,(H,37,38)(H,39,40). The van der Waals surface area contributed by atoms with Gasteiger partial charge < -0.3 is 57.6 Å². The Morgan fingerprint density at radius 3 is 1.32 bits per heavy atom. The summed E-state index contributed by atoms with van der Waals surface area (Å²) in [6.07, 6.45) is 5.97. The second-order valence-electron chi connectivity index (χ2n) is 11.9. The molecule has 0 radical (unpaired) electrons. The molecule has 0 aromatic heterocycles. The van der Waals surface area contributed by atoms with E-state index in [1.807, 2.05) is 12.1 Å². The monoisotopic (exact) mass is 704 g/mol. The highest BCUT2D eigenvalue weighted by Gasteiger charge is 2.66. The highest BCUT2D eigenvalue weighted by molar-refractivity contribution is 5.94. The topological polar surface area (TPSA) is 167 Å². The number of benzene rings is 1. The predicted octanol–water partition coefficient (Wildman–Crippen LogP) is 2.39. The molecule has 50 heavy (non-hydrogen) atoms. The van der Waals surface area contributed by atoms with Crippen LogP contribution < -0.4 is 0 Å². The van der Waals surface area contributed by atoms with Crippen LogP contribution in [0.15, 0.2) is 53.1 Å². The van der Waals surface area contributed by atoms with Gasteiger partial charge in [-0.2, -0.15) is 0 Å². The van der Waals surface area contributed by atoms with E-state index in [0.29, 0.717) is 110 Å². The van der Waals surface area contributed by atoms with Crippen molar-refractivity contribution in [3.63, 3.8) is 0 Å². The summed E-state index contributed by atoms with van der Waals surface area (Å²) in [7, 11) is 0. The smallest absolute Gasteiger partial charge is 0.335 e. The number of ether oxygens (including phenoxy) is 10. The molecule has 1 atom stereocenters. The number of hydrogen-bond acceptors (Lipinski definition) is 12. The zero-order valence-corrected chi connectivity index (χ0v) is 28.4. The molecule has 1 unspecified atom stereocenters. The maximum absolute atomic E-state index is 11.9. The van der Waals surface area contributed by atoms with Crippen LogP contribution >= 0.6 is 0 Å². The number of fused-ring (bicyclic) bond motifs is 2. The Bertz CT molecular complexity index is 1340. The number of carboxylic acids is 2. The summed E-state index contributed by atoms with van der Waals surface area (Å²) in [4.78, 5) is 23.8. The van der Waals surface area contributed by atoms with Crippen LogP contribution in [-0.2, 0) is 57.8 Å². The van der Waals surface area contributed by atoms with Crippen molar-refractivity contribution < 1.29 is 67.2 Å². The van der Waals surface area contributed by atoms with Gasteiger partial charge in [0.05, 0.1) is 129 Å². The largest absolute Gasteiger partial charge is 0.478 e. The number of carbonyl (C=O) groups is 2. The van der Waals surface area contributed by atoms with Gasteiger partial charge in [0.1, 0.15) is 5.60 Å². The first-order chi connectivity index (χ1) is 24.5. The van der Waals surface area contributed by atoms with Crippen molar-refractivity contribution in [2.24, 2.45) is 5.41 Å². The molecule has 1 fully saturated rings. The van der Waals surface area contributed by atoms with Crippen LogP contribution in [0.25, 0.3) is 0 Å². The Morgan fingerprint density at radius 1 is 0.480 bits per heavy atom. The van der Waals surface area contributed by atoms with E-state index in [1.165, 1.54) is 0 Å². The zero-order chi connectivity index (χ0) is 35.1. The number of carboxylic acid groups (broad SMARTS) is 2. The second kappa shape index (κ2) is 19.6. The number of aromatic carboxylic acids is 1. The van der Waals surface area contributed by atoms with Crippen LogP contribution in [0.1, 0.15) is 27.9 Å². The Balaban J connectivity index is 1.21. The molecule has 0 amide bonds. The lowest BCUT2D eigenvalue weighted by Gasteiger charge is -2.60. The molecule has 1 aromatic rings. The SMILES string of the molecule is O=C(O)C1=CC2=CC(=C1)C21OCCOCCOCCOCCOCCCOCCOCCOCCOCCOCC12c1cc(C(=O)O)cc2c1. The molecule has 1 aliphatic heterocycles. The minimum absolute atomic E-state index is 0.150. The summed E-state index contributed by atoms with van der Waals surface area (Å²) < 4.78 is 57.8. The van der Waals surface area contributed by atoms with Crippen LogP contribution in [0.3, 0.4) is 0 Å². The minimum atomic E-state index is -1.09. The lowest BCUT2D eigenvalue weighted by Crippen LogP contribution is -2.60. The fourth-order valence-electron chi connectivity index (χ4n) is 6.42. The molecule has 5 aliphatic rings. The highest BCUT2D eigenvalue weighted by Crippen LogP contribution is 2.67. The number of aliphatic carboxylic acids is 1. The van der Waals surface area contributed by atoms with E-state index in [-0.39, 0.29) is 37.6 Å². The van der Waals surface area contributed by atoms with Gasteiger partial charge in [-0.15, -0.1) is 0 Å². The highest BCUT2D eigenvalue weighted by atomic mass is 16.6. The van der Waals surface area contributed by atoms with E-state index in [0.717, 1.165) is 17.6 Å². The van der Waals surface area contributed by atoms with Gasteiger partial charge in [0.25, 0.3) is 0 Å². The normalized spacial score (nSPS) is 25.7. The third-order valence-electron chi connectivity index (χ3n) is 8.81. The molecule has 1 heterocycles. The molecule has 1 saturated heterocycles. The van der Waals surface area contributed by atoms with Gasteiger partial charge >= 0.3 is 11.9 Å². The lowest BCUT2D eigenvalue weighted by molar-refractivity contribution is -0.137. The summed E-state index contributed by atoms with van der Waals surface area (Å²) in [5.74, 6) is -2.08. The van der Waals surface area contributed by atoms with Crippen LogP contribution in [0.2, 0.25) is 0 Å². The molecular formula is C36H48O14. The van der Waals surface area contributed by atoms with Crippen LogP contribution in [0.5, 0.6) is 0 Å². The molecule has 2 N–H and O–H groups in total. The van der Waals surface area contributed by atoms with Gasteiger partial charge in [-0.1, -0.05) is 6.08 Å². The van der Waals surface area contributed by atoms with Gasteiger partial charge in [0, 0.05) is 13.2 Å². The first-order valence-corrected chi connectivity index (χ1v) is 17.1. The third kappa shape index (κ3) is 9.25. The van der Waals surface area contributed by atoms with Gasteiger partial charge in [0.15, 0.2) is 0 Å². The van der Waals surface area contributed by atoms with E-state index in [9.17, 15) is 19.8 Å². The Hall–Kier alpha value is -3.02. The number of hydrogen-bond donors (Lipinski definition) is 2. The lowest BCUT2D eigenvalue weighted by atomic mass is 9.47. The van der Waals surface area contributed by atoms with Crippen LogP contribution in [-0.4, -0.2) is 148 Å². The molecule has 4 bridgehead atoms. The maximum Gasteiger partial charge on any atom is 0.335 e. The summed E-state index contributed by atoms with van der Waals surface area (Å²) >= 11 is 0. The van der Waals surface area contributed by atoms with Crippen molar-refractivity contribution in [2.45, 2.75) is 12.0 Å². The molecule has 276 valence electrons. The molecule has 1 aromatic carbocycles. The summed E-state index contributed by atoms with van der Waals surface area (Å²) in [5.41, 5.74) is 1.15. The van der Waals surface area contributed by atoms with E-state index in [1.54, 1.807) is 24.3 Å². The zero-order valence-electron chi connectivity index (χ0n) is 28.4. The Labute approximate surface area is 291 Å². The first kappa shape index (κ1) is 38.2. The maximum atomic E-state index is 11.9. The van der Waals surface area contributed by atoms with Gasteiger partial charge in [-0.3, -0.25) is 0 Å². The summed E-state index contributed by atoms with van der Waals surface area (Å²) in [6.45, 7) is 7.64. The quantitative estimate of drug-likeness (QED) is 0.461. The van der Waals surface area contributed by atoms with Gasteiger partial charge in [-0.25, -0.2) is 9.59 Å². The average Bonchev–Trinajstić information content (AvgIpc) is 3.12. The van der Waals surface area contributed by atoms with Crippen molar-refractivity contribution in [1.29, 1.82) is 0 Å². The Kier molecular flexibility index (Phi) is 14.9. The summed E-state index contributed by atoms with van der Waals surface area (Å²) in [6, 6.07) is 5.10. The van der Waals surface area contributed by atoms with Gasteiger partial charge in [-0.05, 0) is 59.0 Å². The number of rotatable bonds is 2. The molecular weight excluding hydrogens is 656 g/mol. The van der Waals surface area contributed by atoms with Crippen LogP contribution in [0.4, 0.5) is 0 Å².